The van der Waals surface area contributed by atoms with Crippen LogP contribution in [0.1, 0.15) is 24.3 Å². The van der Waals surface area contributed by atoms with Gasteiger partial charge in [0.1, 0.15) is 0 Å². The van der Waals surface area contributed by atoms with Gasteiger partial charge in [0.05, 0.1) is 6.54 Å². The molecule has 0 aliphatic heterocycles. The van der Waals surface area contributed by atoms with E-state index < -0.39 is 0 Å². The van der Waals surface area contributed by atoms with Crippen LogP contribution in [-0.2, 0) is 6.54 Å². The number of hydrogen-bond donors (Lipinski definition) is 2. The minimum absolute atomic E-state index is 0.425. The van der Waals surface area contributed by atoms with Crippen LogP contribution in [0.2, 0.25) is 0 Å². The van der Waals surface area contributed by atoms with Gasteiger partial charge in [0.2, 0.25) is 5.89 Å². The Hall–Kier alpha value is -1.40. The molecule has 1 aliphatic rings. The first-order valence-corrected chi connectivity index (χ1v) is 7.09. The fraction of sp³-hybridized carbons (Fsp3) is 0.385. The highest BCUT2D eigenvalue weighted by Gasteiger charge is 2.21. The summed E-state index contributed by atoms with van der Waals surface area (Å²) in [4.78, 5) is 0. The molecule has 1 fully saturated rings. The molecule has 0 saturated heterocycles. The molecular formula is C13H15BrN4O. The van der Waals surface area contributed by atoms with Gasteiger partial charge in [-0.1, -0.05) is 21.0 Å². The van der Waals surface area contributed by atoms with Gasteiger partial charge in [-0.15, -0.1) is 5.10 Å². The largest absolute Gasteiger partial charge is 0.406 e. The topological polar surface area (TPSA) is 63.0 Å². The van der Waals surface area contributed by atoms with Gasteiger partial charge < -0.3 is 15.1 Å². The summed E-state index contributed by atoms with van der Waals surface area (Å²) in [7, 11) is 0. The zero-order chi connectivity index (χ0) is 13.2. The average molecular weight is 323 g/mol. The maximum absolute atomic E-state index is 5.53. The minimum Gasteiger partial charge on any atom is -0.406 e. The first kappa shape index (κ1) is 12.6. The third kappa shape index (κ3) is 3.33. The maximum Gasteiger partial charge on any atom is 0.320 e. The van der Waals surface area contributed by atoms with Crippen molar-refractivity contribution in [1.29, 1.82) is 0 Å². The molecule has 1 saturated carbocycles. The normalized spacial score (nSPS) is 14.6. The number of anilines is 2. The van der Waals surface area contributed by atoms with E-state index in [-0.39, 0.29) is 0 Å². The molecule has 1 aromatic heterocycles. The highest BCUT2D eigenvalue weighted by atomic mass is 79.9. The number of benzene rings is 1. The zero-order valence-electron chi connectivity index (χ0n) is 10.6. The molecule has 0 amide bonds. The van der Waals surface area contributed by atoms with E-state index in [0.29, 0.717) is 24.5 Å². The second-order valence-corrected chi connectivity index (χ2v) is 5.60. The molecule has 3 rings (SSSR count). The molecule has 19 heavy (non-hydrogen) atoms. The van der Waals surface area contributed by atoms with Crippen molar-refractivity contribution < 1.29 is 4.42 Å². The average Bonchev–Trinajstić information content (AvgIpc) is 3.12. The molecule has 6 heteroatoms. The lowest BCUT2D eigenvalue weighted by molar-refractivity contribution is 0.478. The minimum atomic E-state index is 0.425. The van der Waals surface area contributed by atoms with Crippen molar-refractivity contribution in [2.45, 2.75) is 32.4 Å². The second kappa shape index (κ2) is 5.30. The lowest BCUT2D eigenvalue weighted by Crippen LogP contribution is -2.15. The molecule has 2 aromatic rings. The van der Waals surface area contributed by atoms with Crippen LogP contribution in [-0.4, -0.2) is 16.2 Å². The van der Waals surface area contributed by atoms with Crippen molar-refractivity contribution in [2.24, 2.45) is 0 Å². The number of hydrogen-bond acceptors (Lipinski definition) is 5. The molecule has 1 aliphatic carbocycles. The van der Waals surface area contributed by atoms with Crippen LogP contribution < -0.4 is 10.6 Å². The lowest BCUT2D eigenvalue weighted by atomic mass is 10.2. The van der Waals surface area contributed by atoms with E-state index in [4.69, 9.17) is 4.42 Å². The van der Waals surface area contributed by atoms with Gasteiger partial charge in [0.25, 0.3) is 0 Å². The van der Waals surface area contributed by atoms with Gasteiger partial charge in [-0.3, -0.25) is 0 Å². The van der Waals surface area contributed by atoms with E-state index in [1.807, 2.05) is 25.1 Å². The molecule has 1 heterocycles. The van der Waals surface area contributed by atoms with Crippen LogP contribution in [0, 0.1) is 6.92 Å². The second-order valence-electron chi connectivity index (χ2n) is 4.75. The predicted octanol–water partition coefficient (Wildman–Crippen LogP) is 3.14. The summed E-state index contributed by atoms with van der Waals surface area (Å²) < 4.78 is 6.61. The summed E-state index contributed by atoms with van der Waals surface area (Å²) in [5.74, 6) is 0.614. The van der Waals surface area contributed by atoms with E-state index in [1.165, 1.54) is 12.8 Å². The van der Waals surface area contributed by atoms with Crippen molar-refractivity contribution in [1.82, 2.24) is 15.5 Å². The number of nitrogens with zero attached hydrogens (tertiary/aromatic N) is 2. The first-order valence-electron chi connectivity index (χ1n) is 6.29. The van der Waals surface area contributed by atoms with E-state index in [0.717, 1.165) is 15.7 Å². The highest BCUT2D eigenvalue weighted by molar-refractivity contribution is 9.10. The summed E-state index contributed by atoms with van der Waals surface area (Å²) in [6.07, 6.45) is 2.49. The zero-order valence-corrected chi connectivity index (χ0v) is 12.2. The Kier molecular flexibility index (Phi) is 3.52. The van der Waals surface area contributed by atoms with Gasteiger partial charge in [0.15, 0.2) is 0 Å². The molecular weight excluding hydrogens is 308 g/mol. The number of rotatable bonds is 5. The lowest BCUT2D eigenvalue weighted by Gasteiger charge is -2.03. The fourth-order valence-electron chi connectivity index (χ4n) is 1.74. The van der Waals surface area contributed by atoms with Crippen molar-refractivity contribution in [3.05, 3.63) is 34.1 Å². The fourth-order valence-corrected chi connectivity index (χ4v) is 1.99. The standard InChI is InChI=1S/C13H15BrN4O/c1-8-6-10(4-5-11(8)14)16-13-18-17-12(19-13)7-15-9-2-3-9/h4-6,9,15H,2-3,7H2,1H3,(H,16,18). The number of halogens is 1. The summed E-state index contributed by atoms with van der Waals surface area (Å²) in [6, 6.07) is 7.04. The third-order valence-electron chi connectivity index (χ3n) is 3.00. The molecule has 5 nitrogen and oxygen atoms in total. The van der Waals surface area contributed by atoms with Crippen molar-refractivity contribution in [2.75, 3.05) is 5.32 Å². The van der Waals surface area contributed by atoms with Crippen molar-refractivity contribution in [3.63, 3.8) is 0 Å². The Morgan fingerprint density at radius 1 is 1.37 bits per heavy atom. The molecule has 0 bridgehead atoms. The van der Waals surface area contributed by atoms with Gasteiger partial charge in [-0.05, 0) is 43.5 Å². The Morgan fingerprint density at radius 2 is 2.21 bits per heavy atom. The SMILES string of the molecule is Cc1cc(Nc2nnc(CNC3CC3)o2)ccc1Br. The molecule has 1 aromatic carbocycles. The van der Waals surface area contributed by atoms with E-state index in [2.05, 4.69) is 36.8 Å². The summed E-state index contributed by atoms with van der Waals surface area (Å²) in [6.45, 7) is 2.67. The van der Waals surface area contributed by atoms with Gasteiger partial charge in [-0.25, -0.2) is 0 Å². The van der Waals surface area contributed by atoms with Crippen LogP contribution in [0.25, 0.3) is 0 Å². The summed E-state index contributed by atoms with van der Waals surface area (Å²) in [5, 5.41) is 14.4. The van der Waals surface area contributed by atoms with Gasteiger partial charge in [-0.2, -0.15) is 0 Å². The molecule has 100 valence electrons. The van der Waals surface area contributed by atoms with Crippen LogP contribution in [0.5, 0.6) is 0 Å². The van der Waals surface area contributed by atoms with Crippen molar-refractivity contribution in [3.8, 4) is 0 Å². The Morgan fingerprint density at radius 3 is 2.95 bits per heavy atom. The summed E-state index contributed by atoms with van der Waals surface area (Å²) in [5.41, 5.74) is 2.09. The predicted molar refractivity (Wildman–Crippen MR) is 76.3 cm³/mol. The molecule has 0 radical (unpaired) electrons. The molecule has 2 N–H and O–H groups in total. The Labute approximate surface area is 119 Å². The highest BCUT2D eigenvalue weighted by Crippen LogP contribution is 2.23. The smallest absolute Gasteiger partial charge is 0.320 e. The number of nitrogens with one attached hydrogen (secondary N) is 2. The number of aryl methyl sites for hydroxylation is 1. The Bertz CT molecular complexity index is 580. The molecule has 0 unspecified atom stereocenters. The summed E-state index contributed by atoms with van der Waals surface area (Å²) >= 11 is 3.47. The maximum atomic E-state index is 5.53. The first-order chi connectivity index (χ1) is 9.20. The molecule has 0 spiro atoms. The van der Waals surface area contributed by atoms with Gasteiger partial charge in [0, 0.05) is 16.2 Å². The number of aromatic nitrogens is 2. The van der Waals surface area contributed by atoms with Crippen LogP contribution in [0.4, 0.5) is 11.7 Å². The van der Waals surface area contributed by atoms with E-state index in [9.17, 15) is 0 Å². The van der Waals surface area contributed by atoms with E-state index in [1.54, 1.807) is 0 Å². The third-order valence-corrected chi connectivity index (χ3v) is 3.89. The van der Waals surface area contributed by atoms with E-state index >= 15 is 0 Å². The van der Waals surface area contributed by atoms with Crippen molar-refractivity contribution >= 4 is 27.6 Å². The quantitative estimate of drug-likeness (QED) is 0.885. The molecule has 0 atom stereocenters. The monoisotopic (exact) mass is 322 g/mol. The van der Waals surface area contributed by atoms with Crippen LogP contribution in [0.15, 0.2) is 27.1 Å². The van der Waals surface area contributed by atoms with Gasteiger partial charge >= 0.3 is 6.01 Å². The van der Waals surface area contributed by atoms with Crippen LogP contribution >= 0.6 is 15.9 Å². The Balaban J connectivity index is 1.63. The van der Waals surface area contributed by atoms with Crippen LogP contribution in [0.3, 0.4) is 0 Å².